The van der Waals surface area contributed by atoms with E-state index in [-0.39, 0.29) is 17.9 Å². The summed E-state index contributed by atoms with van der Waals surface area (Å²) in [5.41, 5.74) is 2.51. The van der Waals surface area contributed by atoms with Gasteiger partial charge in [-0.05, 0) is 28.7 Å². The second kappa shape index (κ2) is 6.79. The molecule has 0 bridgehead atoms. The summed E-state index contributed by atoms with van der Waals surface area (Å²) < 4.78 is 11.4. The number of amides is 1. The van der Waals surface area contributed by atoms with Crippen LogP contribution in [0.3, 0.4) is 0 Å². The third-order valence-electron chi connectivity index (χ3n) is 4.40. The van der Waals surface area contributed by atoms with E-state index >= 15 is 0 Å². The number of likely N-dealkylation sites (N-methyl/N-ethyl adjacent to an activating group) is 1. The largest absolute Gasteiger partial charge is 0.485 e. The Morgan fingerprint density at radius 1 is 1.08 bits per heavy atom. The first-order chi connectivity index (χ1) is 11.8. The monoisotopic (exact) mass is 339 g/mol. The molecule has 2 aromatic carbocycles. The summed E-state index contributed by atoms with van der Waals surface area (Å²) in [5.74, 6) is 1.23. The van der Waals surface area contributed by atoms with Crippen molar-refractivity contribution in [3.63, 3.8) is 0 Å². The maximum Gasteiger partial charge on any atom is 0.267 e. The molecule has 0 saturated carbocycles. The number of hydrogen-bond donors (Lipinski definition) is 0. The fourth-order valence-electron chi connectivity index (χ4n) is 2.85. The van der Waals surface area contributed by atoms with E-state index in [1.807, 2.05) is 24.3 Å². The van der Waals surface area contributed by atoms with Crippen LogP contribution in [-0.4, -0.2) is 30.6 Å². The summed E-state index contributed by atoms with van der Waals surface area (Å²) in [5, 5.41) is 0. The molecule has 1 aliphatic rings. The smallest absolute Gasteiger partial charge is 0.267 e. The number of carbonyl (C=O) groups excluding carboxylic acids is 1. The second-order valence-electron chi connectivity index (χ2n) is 7.51. The maximum atomic E-state index is 12.7. The zero-order valence-corrected chi connectivity index (χ0v) is 15.3. The Kier molecular flexibility index (Phi) is 4.71. The van der Waals surface area contributed by atoms with Crippen molar-refractivity contribution in [2.24, 2.45) is 0 Å². The highest BCUT2D eigenvalue weighted by Gasteiger charge is 2.29. The van der Waals surface area contributed by atoms with Gasteiger partial charge in [-0.25, -0.2) is 0 Å². The van der Waals surface area contributed by atoms with Crippen molar-refractivity contribution in [2.45, 2.75) is 38.8 Å². The molecule has 0 N–H and O–H groups in total. The summed E-state index contributed by atoms with van der Waals surface area (Å²) in [4.78, 5) is 14.3. The standard InChI is InChI=1S/C21H25NO3/c1-21(2,3)16-11-9-15(10-12-16)13-22(4)20(23)19-14-24-17-7-5-6-8-18(17)25-19/h5-12,19H,13-14H2,1-4H3/t19-/m0/s1. The Balaban J connectivity index is 1.63. The highest BCUT2D eigenvalue weighted by atomic mass is 16.6. The Bertz CT molecular complexity index is 746. The number of rotatable bonds is 3. The summed E-state index contributed by atoms with van der Waals surface area (Å²) >= 11 is 0. The molecule has 0 aliphatic carbocycles. The van der Waals surface area contributed by atoms with Gasteiger partial charge in [-0.15, -0.1) is 0 Å². The van der Waals surface area contributed by atoms with Gasteiger partial charge >= 0.3 is 0 Å². The second-order valence-corrected chi connectivity index (χ2v) is 7.51. The molecule has 1 atom stereocenters. The van der Waals surface area contributed by atoms with Crippen LogP contribution >= 0.6 is 0 Å². The first-order valence-electron chi connectivity index (χ1n) is 8.57. The van der Waals surface area contributed by atoms with Gasteiger partial charge in [0.2, 0.25) is 6.10 Å². The van der Waals surface area contributed by atoms with Crippen LogP contribution in [0.1, 0.15) is 31.9 Å². The lowest BCUT2D eigenvalue weighted by atomic mass is 9.87. The third kappa shape index (κ3) is 3.95. The minimum absolute atomic E-state index is 0.0746. The Morgan fingerprint density at radius 3 is 2.36 bits per heavy atom. The molecule has 1 amide bonds. The normalized spacial score (nSPS) is 16.4. The minimum Gasteiger partial charge on any atom is -0.485 e. The van der Waals surface area contributed by atoms with Crippen molar-refractivity contribution in [3.05, 3.63) is 59.7 Å². The number of nitrogens with zero attached hydrogens (tertiary/aromatic N) is 1. The van der Waals surface area contributed by atoms with Gasteiger partial charge in [0, 0.05) is 13.6 Å². The van der Waals surface area contributed by atoms with Crippen molar-refractivity contribution in [3.8, 4) is 11.5 Å². The summed E-state index contributed by atoms with van der Waals surface area (Å²) in [6.07, 6.45) is -0.603. The molecule has 4 heteroatoms. The molecular formula is C21H25NO3. The van der Waals surface area contributed by atoms with E-state index in [1.54, 1.807) is 11.9 Å². The lowest BCUT2D eigenvalue weighted by Crippen LogP contribution is -2.44. The van der Waals surface area contributed by atoms with Gasteiger partial charge in [-0.1, -0.05) is 57.2 Å². The van der Waals surface area contributed by atoms with Crippen molar-refractivity contribution in [2.75, 3.05) is 13.7 Å². The van der Waals surface area contributed by atoms with Crippen LogP contribution in [0.25, 0.3) is 0 Å². The summed E-state index contributed by atoms with van der Waals surface area (Å²) in [7, 11) is 1.80. The zero-order valence-electron chi connectivity index (χ0n) is 15.3. The van der Waals surface area contributed by atoms with Crippen molar-refractivity contribution >= 4 is 5.91 Å². The van der Waals surface area contributed by atoms with Gasteiger partial charge < -0.3 is 14.4 Å². The predicted octanol–water partition coefficient (Wildman–Crippen LogP) is 3.78. The molecule has 1 heterocycles. The lowest BCUT2D eigenvalue weighted by Gasteiger charge is -2.29. The molecule has 132 valence electrons. The van der Waals surface area contributed by atoms with Crippen LogP contribution < -0.4 is 9.47 Å². The Morgan fingerprint density at radius 2 is 1.72 bits per heavy atom. The van der Waals surface area contributed by atoms with Crippen LogP contribution in [0.5, 0.6) is 11.5 Å². The van der Waals surface area contributed by atoms with Crippen molar-refractivity contribution in [1.29, 1.82) is 0 Å². The molecule has 0 spiro atoms. The van der Waals surface area contributed by atoms with E-state index < -0.39 is 6.10 Å². The number of hydrogen-bond acceptors (Lipinski definition) is 3. The summed E-state index contributed by atoms with van der Waals surface area (Å²) in [6.45, 7) is 7.36. The van der Waals surface area contributed by atoms with Crippen molar-refractivity contribution in [1.82, 2.24) is 4.90 Å². The first kappa shape index (κ1) is 17.3. The minimum atomic E-state index is -0.603. The third-order valence-corrected chi connectivity index (χ3v) is 4.40. The molecule has 0 saturated heterocycles. The Hall–Kier alpha value is -2.49. The molecule has 0 unspecified atom stereocenters. The number of fused-ring (bicyclic) bond motifs is 1. The van der Waals surface area contributed by atoms with E-state index in [1.165, 1.54) is 5.56 Å². The topological polar surface area (TPSA) is 38.8 Å². The fraction of sp³-hybridized carbons (Fsp3) is 0.381. The van der Waals surface area contributed by atoms with E-state index in [2.05, 4.69) is 45.0 Å². The van der Waals surface area contributed by atoms with Crippen LogP contribution in [0.4, 0.5) is 0 Å². The quantitative estimate of drug-likeness (QED) is 0.854. The zero-order chi connectivity index (χ0) is 18.0. The average Bonchev–Trinajstić information content (AvgIpc) is 2.60. The SMILES string of the molecule is CN(Cc1ccc(C(C)(C)C)cc1)C(=O)[C@@H]1COc2ccccc2O1. The van der Waals surface area contributed by atoms with Crippen LogP contribution in [0.15, 0.2) is 48.5 Å². The van der Waals surface area contributed by atoms with Crippen LogP contribution in [0, 0.1) is 0 Å². The van der Waals surface area contributed by atoms with Gasteiger partial charge in [0.25, 0.3) is 5.91 Å². The van der Waals surface area contributed by atoms with Gasteiger partial charge in [-0.2, -0.15) is 0 Å². The van der Waals surface area contributed by atoms with Gasteiger partial charge in [0.1, 0.15) is 6.61 Å². The lowest BCUT2D eigenvalue weighted by molar-refractivity contribution is -0.140. The molecule has 4 nitrogen and oxygen atoms in total. The molecular weight excluding hydrogens is 314 g/mol. The molecule has 2 aromatic rings. The highest BCUT2D eigenvalue weighted by molar-refractivity contribution is 5.81. The molecule has 0 aromatic heterocycles. The van der Waals surface area contributed by atoms with E-state index in [9.17, 15) is 4.79 Å². The molecule has 25 heavy (non-hydrogen) atoms. The van der Waals surface area contributed by atoms with Gasteiger partial charge in [-0.3, -0.25) is 4.79 Å². The maximum absolute atomic E-state index is 12.7. The number of benzene rings is 2. The number of ether oxygens (including phenoxy) is 2. The van der Waals surface area contributed by atoms with Gasteiger partial charge in [0.15, 0.2) is 11.5 Å². The van der Waals surface area contributed by atoms with Crippen LogP contribution in [0.2, 0.25) is 0 Å². The first-order valence-corrected chi connectivity index (χ1v) is 8.57. The number of para-hydroxylation sites is 2. The fourth-order valence-corrected chi connectivity index (χ4v) is 2.85. The molecule has 3 rings (SSSR count). The summed E-state index contributed by atoms with van der Waals surface area (Å²) in [6, 6.07) is 15.8. The highest BCUT2D eigenvalue weighted by Crippen LogP contribution is 2.31. The van der Waals surface area contributed by atoms with Crippen LogP contribution in [-0.2, 0) is 16.8 Å². The Labute approximate surface area is 149 Å². The average molecular weight is 339 g/mol. The van der Waals surface area contributed by atoms with Crippen molar-refractivity contribution < 1.29 is 14.3 Å². The van der Waals surface area contributed by atoms with Gasteiger partial charge in [0.05, 0.1) is 0 Å². The number of carbonyl (C=O) groups is 1. The van der Waals surface area contributed by atoms with E-state index in [4.69, 9.17) is 9.47 Å². The molecule has 0 radical (unpaired) electrons. The molecule has 1 aliphatic heterocycles. The van der Waals surface area contributed by atoms with E-state index in [0.717, 1.165) is 5.56 Å². The van der Waals surface area contributed by atoms with E-state index in [0.29, 0.717) is 18.0 Å². The predicted molar refractivity (Wildman–Crippen MR) is 98.0 cm³/mol. The molecule has 0 fully saturated rings.